The van der Waals surface area contributed by atoms with Gasteiger partial charge in [0, 0.05) is 23.9 Å². The molecule has 0 saturated carbocycles. The van der Waals surface area contributed by atoms with Crippen LogP contribution in [0.25, 0.3) is 0 Å². The molecule has 0 aromatic heterocycles. The van der Waals surface area contributed by atoms with Crippen LogP contribution in [-0.4, -0.2) is 17.6 Å². The Bertz CT molecular complexity index is 766. The Balaban J connectivity index is 1.88. The smallest absolute Gasteiger partial charge is 0.387 e. The summed E-state index contributed by atoms with van der Waals surface area (Å²) < 4.78 is 28.3. The molecule has 0 atom stereocenters. The van der Waals surface area contributed by atoms with Gasteiger partial charge in [-0.2, -0.15) is 8.78 Å². The molecule has 0 aliphatic heterocycles. The molecule has 132 valence electrons. The number of hydrogen-bond donors (Lipinski definition) is 2. The van der Waals surface area contributed by atoms with Crippen LogP contribution in [0, 0.1) is 17.0 Å². The summed E-state index contributed by atoms with van der Waals surface area (Å²) in [7, 11) is 0. The van der Waals surface area contributed by atoms with Gasteiger partial charge in [0.05, 0.1) is 4.92 Å². The lowest BCUT2D eigenvalue weighted by Crippen LogP contribution is -2.28. The van der Waals surface area contributed by atoms with Crippen molar-refractivity contribution >= 4 is 17.4 Å². The van der Waals surface area contributed by atoms with E-state index in [9.17, 15) is 23.7 Å². The number of halogens is 2. The van der Waals surface area contributed by atoms with Crippen LogP contribution in [0.1, 0.15) is 11.1 Å². The largest absolute Gasteiger partial charge is 0.435 e. The van der Waals surface area contributed by atoms with Crippen LogP contribution in [0.2, 0.25) is 0 Å². The van der Waals surface area contributed by atoms with Gasteiger partial charge in [0.15, 0.2) is 0 Å². The van der Waals surface area contributed by atoms with Crippen LogP contribution in [-0.2, 0) is 6.54 Å². The molecule has 0 fully saturated rings. The summed E-state index contributed by atoms with van der Waals surface area (Å²) >= 11 is 0. The third-order valence-electron chi connectivity index (χ3n) is 3.25. The molecule has 0 spiro atoms. The number of ether oxygens (including phenoxy) is 1. The number of anilines is 1. The Kier molecular flexibility index (Phi) is 5.83. The van der Waals surface area contributed by atoms with Gasteiger partial charge in [-0.25, -0.2) is 4.79 Å². The molecule has 0 aliphatic rings. The Hall–Kier alpha value is -3.23. The summed E-state index contributed by atoms with van der Waals surface area (Å²) in [4.78, 5) is 22.1. The molecule has 0 unspecified atom stereocenters. The van der Waals surface area contributed by atoms with Crippen molar-refractivity contribution in [2.75, 3.05) is 5.32 Å². The van der Waals surface area contributed by atoms with Gasteiger partial charge >= 0.3 is 12.6 Å². The van der Waals surface area contributed by atoms with E-state index in [1.807, 2.05) is 0 Å². The Morgan fingerprint density at radius 2 is 1.92 bits per heavy atom. The third-order valence-corrected chi connectivity index (χ3v) is 3.25. The van der Waals surface area contributed by atoms with Gasteiger partial charge in [-0.1, -0.05) is 12.1 Å². The van der Waals surface area contributed by atoms with Crippen LogP contribution in [0.4, 0.5) is 25.0 Å². The Morgan fingerprint density at radius 3 is 2.48 bits per heavy atom. The SMILES string of the molecule is Cc1cc(NC(=O)NCc2ccc(OC(F)F)cc2)ccc1[N+](=O)[O-]. The first kappa shape index (κ1) is 18.1. The van der Waals surface area contributed by atoms with Gasteiger partial charge in [0.25, 0.3) is 5.69 Å². The first-order valence-electron chi connectivity index (χ1n) is 7.19. The minimum atomic E-state index is -2.89. The Morgan fingerprint density at radius 1 is 1.24 bits per heavy atom. The topological polar surface area (TPSA) is 93.5 Å². The molecule has 2 rings (SSSR count). The van der Waals surface area contributed by atoms with E-state index in [4.69, 9.17) is 0 Å². The van der Waals surface area contributed by atoms with Crippen LogP contribution < -0.4 is 15.4 Å². The van der Waals surface area contributed by atoms with E-state index in [1.165, 1.54) is 30.3 Å². The van der Waals surface area contributed by atoms with E-state index >= 15 is 0 Å². The van der Waals surface area contributed by atoms with Crippen molar-refractivity contribution in [3.05, 3.63) is 63.7 Å². The van der Waals surface area contributed by atoms with Crippen LogP contribution in [0.5, 0.6) is 5.75 Å². The van der Waals surface area contributed by atoms with E-state index in [0.717, 1.165) is 0 Å². The van der Waals surface area contributed by atoms with Gasteiger partial charge < -0.3 is 15.4 Å². The fraction of sp³-hybridized carbons (Fsp3) is 0.188. The number of rotatable bonds is 6. The molecule has 0 aliphatic carbocycles. The summed E-state index contributed by atoms with van der Waals surface area (Å²) in [6.45, 7) is -1.14. The zero-order valence-corrected chi connectivity index (χ0v) is 13.2. The van der Waals surface area contributed by atoms with Gasteiger partial charge in [-0.05, 0) is 36.8 Å². The summed E-state index contributed by atoms with van der Waals surface area (Å²) in [6.07, 6.45) is 0. The lowest BCUT2D eigenvalue weighted by molar-refractivity contribution is -0.385. The van der Waals surface area contributed by atoms with Gasteiger partial charge in [-0.3, -0.25) is 10.1 Å². The molecule has 9 heteroatoms. The minimum absolute atomic E-state index is 0.0305. The predicted molar refractivity (Wildman–Crippen MR) is 86.8 cm³/mol. The standard InChI is InChI=1S/C16H15F2N3O4/c1-10-8-12(4-7-14(10)21(23)24)20-16(22)19-9-11-2-5-13(6-3-11)25-15(17)18/h2-8,15H,9H2,1H3,(H2,19,20,22). The maximum absolute atomic E-state index is 12.1. The number of carbonyl (C=O) groups excluding carboxylic acids is 1. The predicted octanol–water partition coefficient (Wildman–Crippen LogP) is 3.83. The summed E-state index contributed by atoms with van der Waals surface area (Å²) in [5, 5.41) is 15.9. The fourth-order valence-electron chi connectivity index (χ4n) is 2.08. The van der Waals surface area contributed by atoms with Crippen molar-refractivity contribution in [2.24, 2.45) is 0 Å². The van der Waals surface area contributed by atoms with Crippen molar-refractivity contribution in [1.82, 2.24) is 5.32 Å². The lowest BCUT2D eigenvalue weighted by Gasteiger charge is -2.09. The normalized spacial score (nSPS) is 10.4. The number of benzene rings is 2. The molecule has 25 heavy (non-hydrogen) atoms. The number of amides is 2. The highest BCUT2D eigenvalue weighted by Gasteiger charge is 2.11. The van der Waals surface area contributed by atoms with E-state index in [-0.39, 0.29) is 18.0 Å². The number of hydrogen-bond acceptors (Lipinski definition) is 4. The van der Waals surface area contributed by atoms with Crippen molar-refractivity contribution in [2.45, 2.75) is 20.1 Å². The monoisotopic (exact) mass is 351 g/mol. The molecule has 2 amide bonds. The highest BCUT2D eigenvalue weighted by Crippen LogP contribution is 2.21. The number of nitro groups is 1. The average molecular weight is 351 g/mol. The average Bonchev–Trinajstić information content (AvgIpc) is 2.53. The summed E-state index contributed by atoms with van der Waals surface area (Å²) in [6, 6.07) is 9.59. The highest BCUT2D eigenvalue weighted by molar-refractivity contribution is 5.89. The molecular weight excluding hydrogens is 336 g/mol. The van der Waals surface area contributed by atoms with Crippen LogP contribution >= 0.6 is 0 Å². The molecule has 0 saturated heterocycles. The number of aryl methyl sites for hydroxylation is 1. The molecule has 2 aromatic rings. The molecule has 2 aromatic carbocycles. The van der Waals surface area contributed by atoms with Crippen molar-refractivity contribution < 1.29 is 23.2 Å². The molecule has 7 nitrogen and oxygen atoms in total. The zero-order chi connectivity index (χ0) is 18.4. The minimum Gasteiger partial charge on any atom is -0.435 e. The molecule has 2 N–H and O–H groups in total. The lowest BCUT2D eigenvalue weighted by atomic mass is 10.2. The highest BCUT2D eigenvalue weighted by atomic mass is 19.3. The molecular formula is C16H15F2N3O4. The van der Waals surface area contributed by atoms with E-state index < -0.39 is 17.6 Å². The fourth-order valence-corrected chi connectivity index (χ4v) is 2.08. The third kappa shape index (κ3) is 5.41. The molecule has 0 bridgehead atoms. The van der Waals surface area contributed by atoms with Crippen molar-refractivity contribution in [3.63, 3.8) is 0 Å². The number of carbonyl (C=O) groups is 1. The van der Waals surface area contributed by atoms with Gasteiger partial charge in [-0.15, -0.1) is 0 Å². The second kappa shape index (κ2) is 8.04. The van der Waals surface area contributed by atoms with E-state index in [0.29, 0.717) is 16.8 Å². The van der Waals surface area contributed by atoms with Crippen LogP contribution in [0.15, 0.2) is 42.5 Å². The number of nitrogens with zero attached hydrogens (tertiary/aromatic N) is 1. The Labute approximate surface area is 141 Å². The van der Waals surface area contributed by atoms with E-state index in [1.54, 1.807) is 19.1 Å². The summed E-state index contributed by atoms with van der Waals surface area (Å²) in [5.74, 6) is 0.0320. The van der Waals surface area contributed by atoms with Gasteiger partial charge in [0.1, 0.15) is 5.75 Å². The summed E-state index contributed by atoms with van der Waals surface area (Å²) in [5.41, 5.74) is 1.51. The zero-order valence-electron chi connectivity index (χ0n) is 13.2. The number of alkyl halides is 2. The van der Waals surface area contributed by atoms with Crippen molar-refractivity contribution in [3.8, 4) is 5.75 Å². The molecule has 0 heterocycles. The molecule has 0 radical (unpaired) electrons. The van der Waals surface area contributed by atoms with Gasteiger partial charge in [0.2, 0.25) is 0 Å². The van der Waals surface area contributed by atoms with Crippen molar-refractivity contribution in [1.29, 1.82) is 0 Å². The second-order valence-corrected chi connectivity index (χ2v) is 5.09. The maximum atomic E-state index is 12.1. The van der Waals surface area contributed by atoms with E-state index in [2.05, 4.69) is 15.4 Å². The quantitative estimate of drug-likeness (QED) is 0.611. The number of nitro benzene ring substituents is 1. The maximum Gasteiger partial charge on any atom is 0.387 e. The first-order chi connectivity index (χ1) is 11.8. The first-order valence-corrected chi connectivity index (χ1v) is 7.19. The number of urea groups is 1. The van der Waals surface area contributed by atoms with Crippen LogP contribution in [0.3, 0.4) is 0 Å². The number of nitrogens with one attached hydrogen (secondary N) is 2. The second-order valence-electron chi connectivity index (χ2n) is 5.09.